The predicted octanol–water partition coefficient (Wildman–Crippen LogP) is 10.8. The van der Waals surface area contributed by atoms with Gasteiger partial charge in [0.1, 0.15) is 0 Å². The zero-order valence-electron chi connectivity index (χ0n) is 22.1. The Bertz CT molecular complexity index is 1580. The molecule has 0 saturated heterocycles. The van der Waals surface area contributed by atoms with Crippen LogP contribution in [0.1, 0.15) is 43.9 Å². The quantitative estimate of drug-likeness (QED) is 0.177. The maximum Gasteiger partial charge on any atom is 0.0823 e. The largest absolute Gasteiger partial charge is 0.245 e. The molecular formula is C36H30OS2. The van der Waals surface area contributed by atoms with Crippen LogP contribution in [0.3, 0.4) is 0 Å². The van der Waals surface area contributed by atoms with Crippen LogP contribution in [-0.4, -0.2) is 0 Å². The summed E-state index contributed by atoms with van der Waals surface area (Å²) < 4.78 is 6.49. The van der Waals surface area contributed by atoms with Crippen LogP contribution < -0.4 is 0 Å². The van der Waals surface area contributed by atoms with Crippen LogP contribution in [0, 0.1) is 13.8 Å². The number of hydrogen-bond donors (Lipinski definition) is 0. The van der Waals surface area contributed by atoms with E-state index in [-0.39, 0.29) is 10.5 Å². The molecule has 2 atom stereocenters. The molecule has 0 bridgehead atoms. The van der Waals surface area contributed by atoms with E-state index in [4.69, 9.17) is 3.63 Å². The third-order valence-corrected chi connectivity index (χ3v) is 9.29. The second kappa shape index (κ2) is 11.7. The first-order valence-electron chi connectivity index (χ1n) is 13.2. The maximum absolute atomic E-state index is 6.49. The van der Waals surface area contributed by atoms with Crippen molar-refractivity contribution in [1.29, 1.82) is 0 Å². The van der Waals surface area contributed by atoms with Crippen LogP contribution in [0.25, 0.3) is 21.5 Å². The van der Waals surface area contributed by atoms with Gasteiger partial charge in [-0.3, -0.25) is 0 Å². The monoisotopic (exact) mass is 542 g/mol. The molecule has 0 aliphatic rings. The predicted molar refractivity (Wildman–Crippen MR) is 170 cm³/mol. The van der Waals surface area contributed by atoms with E-state index in [1.165, 1.54) is 79.0 Å². The van der Waals surface area contributed by atoms with Gasteiger partial charge in [-0.1, -0.05) is 132 Å². The summed E-state index contributed by atoms with van der Waals surface area (Å²) in [6.45, 7) is 4.26. The lowest BCUT2D eigenvalue weighted by Gasteiger charge is -2.21. The molecule has 0 N–H and O–H groups in total. The number of fused-ring (bicyclic) bond motifs is 2. The Hall–Kier alpha value is -3.50. The minimum absolute atomic E-state index is 0.0537. The minimum atomic E-state index is 0.0537. The molecule has 0 aromatic heterocycles. The van der Waals surface area contributed by atoms with Crippen molar-refractivity contribution < 1.29 is 3.63 Å². The second-order valence-electron chi connectivity index (χ2n) is 10.1. The Kier molecular flexibility index (Phi) is 7.74. The summed E-state index contributed by atoms with van der Waals surface area (Å²) in [6, 6.07) is 48.1. The molecule has 1 nitrogen and oxygen atoms in total. The molecule has 39 heavy (non-hydrogen) atoms. The van der Waals surface area contributed by atoms with E-state index in [0.29, 0.717) is 0 Å². The average Bonchev–Trinajstić information content (AvgIpc) is 2.98. The Morgan fingerprint density at radius 1 is 0.410 bits per heavy atom. The molecule has 2 unspecified atom stereocenters. The highest BCUT2D eigenvalue weighted by Gasteiger charge is 2.21. The highest BCUT2D eigenvalue weighted by Crippen LogP contribution is 2.45. The molecule has 0 fully saturated rings. The van der Waals surface area contributed by atoms with Gasteiger partial charge in [-0.05, 0) is 69.8 Å². The van der Waals surface area contributed by atoms with Crippen LogP contribution in [0.2, 0.25) is 0 Å². The zero-order chi connectivity index (χ0) is 26.6. The summed E-state index contributed by atoms with van der Waals surface area (Å²) in [6.07, 6.45) is 0. The van der Waals surface area contributed by atoms with Crippen molar-refractivity contribution in [2.45, 2.75) is 24.3 Å². The molecule has 0 amide bonds. The van der Waals surface area contributed by atoms with Crippen molar-refractivity contribution in [2.75, 3.05) is 0 Å². The van der Waals surface area contributed by atoms with Crippen molar-refractivity contribution in [3.05, 3.63) is 167 Å². The molecule has 0 aliphatic carbocycles. The fourth-order valence-electron chi connectivity index (χ4n) is 4.93. The molecule has 0 spiro atoms. The van der Waals surface area contributed by atoms with E-state index in [1.807, 2.05) is 0 Å². The molecule has 6 aromatic rings. The van der Waals surface area contributed by atoms with Gasteiger partial charge in [-0.2, -0.15) is 0 Å². The SMILES string of the molecule is Cc1ccc(C(SOSC(c2ccc(C)cc2)c2ccc3ccccc3c2)c2ccc3ccccc3c2)cc1. The standard InChI is InChI=1S/C36H30OS2/c1-25-11-15-29(16-12-25)35(33-21-19-27-7-3-5-9-31(27)23-33)38-37-39-36(30-17-13-26(2)14-18-30)34-22-20-28-8-4-6-10-32(28)24-34/h3-24,35-36H,1-2H3. The first-order valence-corrected chi connectivity index (χ1v) is 14.8. The lowest BCUT2D eigenvalue weighted by Crippen LogP contribution is -2.00. The van der Waals surface area contributed by atoms with Gasteiger partial charge in [0.15, 0.2) is 0 Å². The smallest absolute Gasteiger partial charge is 0.0823 e. The first-order chi connectivity index (χ1) is 19.1. The van der Waals surface area contributed by atoms with Crippen molar-refractivity contribution in [1.82, 2.24) is 0 Å². The van der Waals surface area contributed by atoms with Crippen LogP contribution in [-0.2, 0) is 3.63 Å². The molecule has 192 valence electrons. The van der Waals surface area contributed by atoms with Crippen LogP contribution in [0.15, 0.2) is 133 Å². The number of aryl methyl sites for hydroxylation is 2. The van der Waals surface area contributed by atoms with E-state index in [0.717, 1.165) is 0 Å². The second-order valence-corrected chi connectivity index (χ2v) is 11.9. The summed E-state index contributed by atoms with van der Waals surface area (Å²) in [5.74, 6) is 0. The van der Waals surface area contributed by atoms with Crippen LogP contribution in [0.5, 0.6) is 0 Å². The van der Waals surface area contributed by atoms with Crippen LogP contribution in [0.4, 0.5) is 0 Å². The van der Waals surface area contributed by atoms with Crippen molar-refractivity contribution in [2.24, 2.45) is 0 Å². The lowest BCUT2D eigenvalue weighted by atomic mass is 10.00. The minimum Gasteiger partial charge on any atom is -0.245 e. The molecule has 3 heteroatoms. The fraction of sp³-hybridized carbons (Fsp3) is 0.111. The molecular weight excluding hydrogens is 513 g/mol. The van der Waals surface area contributed by atoms with E-state index in [2.05, 4.69) is 147 Å². The van der Waals surface area contributed by atoms with Crippen molar-refractivity contribution in [3.8, 4) is 0 Å². The van der Waals surface area contributed by atoms with E-state index >= 15 is 0 Å². The fourth-order valence-corrected chi connectivity index (χ4v) is 6.79. The summed E-state index contributed by atoms with van der Waals surface area (Å²) in [4.78, 5) is 0. The third-order valence-electron chi connectivity index (χ3n) is 7.18. The number of benzene rings is 6. The Labute approximate surface area is 239 Å². The molecule has 6 aromatic carbocycles. The summed E-state index contributed by atoms with van der Waals surface area (Å²) in [7, 11) is 0. The van der Waals surface area contributed by atoms with Gasteiger partial charge < -0.3 is 0 Å². The topological polar surface area (TPSA) is 9.23 Å². The number of hydrogen-bond acceptors (Lipinski definition) is 3. The summed E-state index contributed by atoms with van der Waals surface area (Å²) in [5, 5.41) is 5.10. The van der Waals surface area contributed by atoms with Gasteiger partial charge in [0, 0.05) is 24.1 Å². The lowest BCUT2D eigenvalue weighted by molar-refractivity contribution is 0.739. The van der Waals surface area contributed by atoms with Gasteiger partial charge in [0.05, 0.1) is 10.5 Å². The molecule has 0 heterocycles. The Balaban J connectivity index is 1.31. The highest BCUT2D eigenvalue weighted by molar-refractivity contribution is 8.08. The van der Waals surface area contributed by atoms with Crippen molar-refractivity contribution >= 4 is 45.6 Å². The highest BCUT2D eigenvalue weighted by atomic mass is 32.2. The first kappa shape index (κ1) is 25.8. The third kappa shape index (κ3) is 5.91. The molecule has 0 aliphatic heterocycles. The van der Waals surface area contributed by atoms with E-state index < -0.39 is 0 Å². The zero-order valence-corrected chi connectivity index (χ0v) is 23.7. The Morgan fingerprint density at radius 2 is 0.769 bits per heavy atom. The maximum atomic E-state index is 6.49. The molecule has 0 radical (unpaired) electrons. The molecule has 6 rings (SSSR count). The van der Waals surface area contributed by atoms with Gasteiger partial charge >= 0.3 is 0 Å². The normalized spacial score (nSPS) is 13.0. The summed E-state index contributed by atoms with van der Waals surface area (Å²) >= 11 is 3.06. The van der Waals surface area contributed by atoms with Gasteiger partial charge in [-0.15, -0.1) is 0 Å². The van der Waals surface area contributed by atoms with Gasteiger partial charge in [0.2, 0.25) is 0 Å². The average molecular weight is 543 g/mol. The number of rotatable bonds is 8. The van der Waals surface area contributed by atoms with Crippen molar-refractivity contribution in [3.63, 3.8) is 0 Å². The Morgan fingerprint density at radius 3 is 1.18 bits per heavy atom. The van der Waals surface area contributed by atoms with E-state index in [9.17, 15) is 0 Å². The van der Waals surface area contributed by atoms with Gasteiger partial charge in [-0.25, -0.2) is 3.63 Å². The summed E-state index contributed by atoms with van der Waals surface area (Å²) in [5.41, 5.74) is 7.46. The van der Waals surface area contributed by atoms with E-state index in [1.54, 1.807) is 0 Å². The van der Waals surface area contributed by atoms with Gasteiger partial charge in [0.25, 0.3) is 0 Å². The van der Waals surface area contributed by atoms with Crippen LogP contribution >= 0.6 is 24.1 Å². The molecule has 0 saturated carbocycles.